The molecule has 0 unspecified atom stereocenters. The lowest BCUT2D eigenvalue weighted by Crippen LogP contribution is -2.73. The summed E-state index contributed by atoms with van der Waals surface area (Å²) in [6.45, 7) is 5.54. The zero-order valence-electron chi connectivity index (χ0n) is 22.3. The average Bonchev–Trinajstić information content (AvgIpc) is 3.20. The maximum absolute atomic E-state index is 13.4. The molecule has 0 saturated carbocycles. The van der Waals surface area contributed by atoms with E-state index in [1.807, 2.05) is 0 Å². The molecule has 1 saturated heterocycles. The van der Waals surface area contributed by atoms with Gasteiger partial charge in [0.1, 0.15) is 11.3 Å². The number of pyridine rings is 1. The van der Waals surface area contributed by atoms with Gasteiger partial charge in [-0.25, -0.2) is 13.4 Å². The lowest BCUT2D eigenvalue weighted by atomic mass is 9.80. The van der Waals surface area contributed by atoms with Gasteiger partial charge < -0.3 is 15.5 Å². The number of nitrogens with one attached hydrogen (secondary N) is 2. The molecule has 1 fully saturated rings. The molecule has 4 heterocycles. The second-order valence-electron chi connectivity index (χ2n) is 10.6. The van der Waals surface area contributed by atoms with Crippen LogP contribution in [0, 0.1) is 0 Å². The lowest BCUT2D eigenvalue weighted by molar-refractivity contribution is -0.113. The number of rotatable bonds is 7. The molecule has 5 rings (SSSR count). The molecule has 2 amide bonds. The zero-order valence-corrected chi connectivity index (χ0v) is 23.1. The fraction of sp³-hybridized carbons (Fsp3) is 0.370. The summed E-state index contributed by atoms with van der Waals surface area (Å²) in [6.07, 6.45) is 4.68. The highest BCUT2D eigenvalue weighted by molar-refractivity contribution is 7.91. The minimum atomic E-state index is -3.58. The van der Waals surface area contributed by atoms with Crippen molar-refractivity contribution in [3.63, 3.8) is 0 Å². The van der Waals surface area contributed by atoms with Crippen LogP contribution in [-0.4, -0.2) is 78.9 Å². The van der Waals surface area contributed by atoms with Crippen molar-refractivity contribution >= 4 is 39.4 Å². The van der Waals surface area contributed by atoms with E-state index in [1.54, 1.807) is 31.6 Å². The van der Waals surface area contributed by atoms with Crippen LogP contribution in [0.4, 0.5) is 11.5 Å². The van der Waals surface area contributed by atoms with Gasteiger partial charge in [0.2, 0.25) is 5.91 Å². The van der Waals surface area contributed by atoms with E-state index in [4.69, 9.17) is 0 Å². The van der Waals surface area contributed by atoms with Gasteiger partial charge in [0.25, 0.3) is 5.91 Å². The van der Waals surface area contributed by atoms with Gasteiger partial charge in [0, 0.05) is 56.5 Å². The minimum absolute atomic E-state index is 0.0934. The van der Waals surface area contributed by atoms with Crippen LogP contribution in [0.25, 0.3) is 5.82 Å². The Morgan fingerprint density at radius 1 is 1.21 bits per heavy atom. The summed E-state index contributed by atoms with van der Waals surface area (Å²) in [5, 5.41) is 10.4. The fourth-order valence-electron chi connectivity index (χ4n) is 5.06. The van der Waals surface area contributed by atoms with E-state index in [1.165, 1.54) is 10.2 Å². The Morgan fingerprint density at radius 3 is 2.51 bits per heavy atom. The molecule has 204 valence electrons. The number of carbonyl (C=O) groups is 2. The van der Waals surface area contributed by atoms with Crippen molar-refractivity contribution in [2.24, 2.45) is 4.99 Å². The number of hydrogen-bond donors (Lipinski definition) is 2. The fourth-order valence-corrected chi connectivity index (χ4v) is 5.61. The topological polar surface area (TPSA) is 139 Å². The number of aliphatic imine (C=N–C) groups is 1. The highest BCUT2D eigenvalue weighted by Gasteiger charge is 2.49. The molecule has 0 bridgehead atoms. The number of fused-ring (bicyclic) bond motifs is 1. The summed E-state index contributed by atoms with van der Waals surface area (Å²) in [5.41, 5.74) is 3.36. The monoisotopic (exact) mass is 549 g/mol. The van der Waals surface area contributed by atoms with Crippen LogP contribution in [-0.2, 0) is 21.1 Å². The van der Waals surface area contributed by atoms with Gasteiger partial charge in [0.15, 0.2) is 21.5 Å². The molecule has 11 nitrogen and oxygen atoms in total. The van der Waals surface area contributed by atoms with Crippen LogP contribution in [0.15, 0.2) is 47.6 Å². The Kier molecular flexibility index (Phi) is 6.75. The number of hydrogen-bond acceptors (Lipinski definition) is 8. The molecule has 0 radical (unpaired) electrons. The lowest BCUT2D eigenvalue weighted by Gasteiger charge is -2.53. The third-order valence-corrected chi connectivity index (χ3v) is 7.69. The second-order valence-corrected chi connectivity index (χ2v) is 12.7. The third-order valence-electron chi connectivity index (χ3n) is 6.90. The Bertz CT molecular complexity index is 1550. The summed E-state index contributed by atoms with van der Waals surface area (Å²) in [4.78, 5) is 36.6. The molecule has 2 aromatic heterocycles. The van der Waals surface area contributed by atoms with Crippen molar-refractivity contribution in [1.82, 2.24) is 20.1 Å². The number of amides is 2. The number of anilines is 2. The summed E-state index contributed by atoms with van der Waals surface area (Å²) in [7, 11) is -1.93. The third kappa shape index (κ3) is 5.42. The Hall–Kier alpha value is -4.06. The normalized spacial score (nSPS) is 16.3. The van der Waals surface area contributed by atoms with Gasteiger partial charge in [-0.1, -0.05) is 26.0 Å². The molecule has 2 aliphatic rings. The number of nitrogens with zero attached hydrogens (tertiary/aromatic N) is 5. The van der Waals surface area contributed by atoms with Crippen molar-refractivity contribution in [2.45, 2.75) is 31.7 Å². The summed E-state index contributed by atoms with van der Waals surface area (Å²) in [5.74, 6) is -0.941. The van der Waals surface area contributed by atoms with E-state index >= 15 is 0 Å². The standard InChI is InChI=1S/C27H31N7O4S/c1-17(2)19-6-8-20(9-7-19)33-15-27(16-33)11-21-24(26(36)31-27)25(30-23(35)14-39(4,37)38)34(32-21)22-10-5-18(12-28-3)13-29-22/h5-10,12-13,17H,11,14-16H2,1-4H3,(H,30,35)(H,31,36)/b28-12-. The van der Waals surface area contributed by atoms with Gasteiger partial charge in [-0.3, -0.25) is 14.6 Å². The number of aromatic nitrogens is 3. The molecule has 2 aliphatic heterocycles. The first-order valence-corrected chi connectivity index (χ1v) is 14.7. The predicted molar refractivity (Wildman–Crippen MR) is 150 cm³/mol. The maximum Gasteiger partial charge on any atom is 0.257 e. The largest absolute Gasteiger partial charge is 0.367 e. The first-order chi connectivity index (χ1) is 18.5. The number of carbonyl (C=O) groups excluding carboxylic acids is 2. The molecular formula is C27H31N7O4S. The predicted octanol–water partition coefficient (Wildman–Crippen LogP) is 1.97. The second kappa shape index (κ2) is 9.92. The van der Waals surface area contributed by atoms with E-state index in [0.717, 1.165) is 17.5 Å². The number of benzene rings is 1. The SMILES string of the molecule is C/N=C\c1ccc(-n2nc3c(c2NC(=O)CS(C)(=O)=O)C(=O)NC2(C3)CN(c3ccc(C(C)C)cc3)C2)nc1. The zero-order chi connectivity index (χ0) is 27.9. The molecule has 2 N–H and O–H groups in total. The number of sulfone groups is 1. The molecule has 0 atom stereocenters. The molecule has 39 heavy (non-hydrogen) atoms. The highest BCUT2D eigenvalue weighted by atomic mass is 32.2. The van der Waals surface area contributed by atoms with Crippen LogP contribution in [0.3, 0.4) is 0 Å². The van der Waals surface area contributed by atoms with Gasteiger partial charge >= 0.3 is 0 Å². The van der Waals surface area contributed by atoms with Crippen LogP contribution in [0.5, 0.6) is 0 Å². The molecule has 1 spiro atoms. The molecular weight excluding hydrogens is 518 g/mol. The highest BCUT2D eigenvalue weighted by Crippen LogP contribution is 2.37. The summed E-state index contributed by atoms with van der Waals surface area (Å²) >= 11 is 0. The Morgan fingerprint density at radius 2 is 1.92 bits per heavy atom. The van der Waals surface area contributed by atoms with E-state index in [2.05, 4.69) is 68.7 Å². The van der Waals surface area contributed by atoms with Gasteiger partial charge in [-0.2, -0.15) is 9.78 Å². The van der Waals surface area contributed by atoms with Gasteiger partial charge in [0.05, 0.1) is 11.2 Å². The van der Waals surface area contributed by atoms with E-state index in [9.17, 15) is 18.0 Å². The van der Waals surface area contributed by atoms with E-state index < -0.39 is 27.0 Å². The van der Waals surface area contributed by atoms with Crippen molar-refractivity contribution in [3.05, 3.63) is 65.0 Å². The van der Waals surface area contributed by atoms with Crippen LogP contribution >= 0.6 is 0 Å². The van der Waals surface area contributed by atoms with Crippen LogP contribution < -0.4 is 15.5 Å². The maximum atomic E-state index is 13.4. The molecule has 3 aromatic rings. The Balaban J connectivity index is 1.45. The summed E-state index contributed by atoms with van der Waals surface area (Å²) in [6, 6.07) is 11.9. The quantitative estimate of drug-likeness (QED) is 0.430. The minimum Gasteiger partial charge on any atom is -0.367 e. The van der Waals surface area contributed by atoms with Crippen molar-refractivity contribution in [2.75, 3.05) is 42.4 Å². The first-order valence-electron chi connectivity index (χ1n) is 12.6. The van der Waals surface area contributed by atoms with Crippen LogP contribution in [0.1, 0.15) is 46.9 Å². The molecule has 12 heteroatoms. The van der Waals surface area contributed by atoms with Crippen molar-refractivity contribution < 1.29 is 18.0 Å². The van der Waals surface area contributed by atoms with Gasteiger partial charge in [-0.15, -0.1) is 0 Å². The van der Waals surface area contributed by atoms with Gasteiger partial charge in [-0.05, 0) is 35.7 Å². The van der Waals surface area contributed by atoms with E-state index in [-0.39, 0.29) is 17.3 Å². The average molecular weight is 550 g/mol. The molecule has 0 aliphatic carbocycles. The summed E-state index contributed by atoms with van der Waals surface area (Å²) < 4.78 is 24.8. The van der Waals surface area contributed by atoms with Crippen molar-refractivity contribution in [1.29, 1.82) is 0 Å². The smallest absolute Gasteiger partial charge is 0.257 e. The molecule has 1 aromatic carbocycles. The van der Waals surface area contributed by atoms with Crippen LogP contribution in [0.2, 0.25) is 0 Å². The Labute approximate surface area is 227 Å². The first kappa shape index (κ1) is 26.5. The van der Waals surface area contributed by atoms with E-state index in [0.29, 0.717) is 36.9 Å². The van der Waals surface area contributed by atoms with Crippen molar-refractivity contribution in [3.8, 4) is 5.82 Å².